The standard InChI is InChI=1S/C21H19F2N5O4/c1-28(21(30)31)18-10-20(26-11-25-18)32-17-7-2-12(8-15(17)23)16(24)9-19(29)27-14-5-3-13(22)4-6-14/h2-8,10-11,16H,9,24H2,1H3,(H,27,29)(H,30,31). The molecule has 0 bridgehead atoms. The molecule has 0 spiro atoms. The van der Waals surface area contributed by atoms with E-state index in [0.717, 1.165) is 17.3 Å². The van der Waals surface area contributed by atoms with Crippen LogP contribution in [0.15, 0.2) is 54.9 Å². The van der Waals surface area contributed by atoms with Crippen molar-refractivity contribution in [2.75, 3.05) is 17.3 Å². The minimum Gasteiger partial charge on any atom is -0.465 e. The number of hydrogen-bond acceptors (Lipinski definition) is 6. The van der Waals surface area contributed by atoms with E-state index in [-0.39, 0.29) is 23.9 Å². The fraction of sp³-hybridized carbons (Fsp3) is 0.143. The molecule has 1 atom stereocenters. The van der Waals surface area contributed by atoms with Gasteiger partial charge >= 0.3 is 6.09 Å². The molecular weight excluding hydrogens is 424 g/mol. The first kappa shape index (κ1) is 22.6. The molecule has 9 nitrogen and oxygen atoms in total. The van der Waals surface area contributed by atoms with Crippen molar-refractivity contribution in [3.05, 3.63) is 72.1 Å². The second kappa shape index (κ2) is 9.79. The zero-order valence-electron chi connectivity index (χ0n) is 16.8. The highest BCUT2D eigenvalue weighted by Crippen LogP contribution is 2.27. The smallest absolute Gasteiger partial charge is 0.412 e. The maximum Gasteiger partial charge on any atom is 0.412 e. The summed E-state index contributed by atoms with van der Waals surface area (Å²) in [5, 5.41) is 11.6. The average Bonchev–Trinajstić information content (AvgIpc) is 2.76. The highest BCUT2D eigenvalue weighted by molar-refractivity contribution is 5.91. The molecule has 0 saturated heterocycles. The zero-order valence-corrected chi connectivity index (χ0v) is 16.8. The summed E-state index contributed by atoms with van der Waals surface area (Å²) >= 11 is 0. The topological polar surface area (TPSA) is 131 Å². The van der Waals surface area contributed by atoms with E-state index >= 15 is 0 Å². The molecule has 0 aliphatic heterocycles. The van der Waals surface area contributed by atoms with E-state index in [2.05, 4.69) is 15.3 Å². The molecule has 2 amide bonds. The van der Waals surface area contributed by atoms with Crippen LogP contribution in [0.1, 0.15) is 18.0 Å². The van der Waals surface area contributed by atoms with Gasteiger partial charge in [-0.05, 0) is 42.0 Å². The summed E-state index contributed by atoms with van der Waals surface area (Å²) in [5.41, 5.74) is 6.79. The highest BCUT2D eigenvalue weighted by Gasteiger charge is 2.16. The number of ether oxygens (including phenoxy) is 1. The number of carbonyl (C=O) groups is 2. The minimum absolute atomic E-state index is 0.0497. The number of anilines is 2. The van der Waals surface area contributed by atoms with Gasteiger partial charge in [0.1, 0.15) is 18.0 Å². The number of nitrogens with one attached hydrogen (secondary N) is 1. The summed E-state index contributed by atoms with van der Waals surface area (Å²) in [6.07, 6.45) is -0.275. The molecule has 166 valence electrons. The Bertz CT molecular complexity index is 1130. The van der Waals surface area contributed by atoms with Crippen molar-refractivity contribution in [2.45, 2.75) is 12.5 Å². The third-order valence-corrected chi connectivity index (χ3v) is 4.39. The lowest BCUT2D eigenvalue weighted by Gasteiger charge is -2.15. The van der Waals surface area contributed by atoms with Crippen LogP contribution >= 0.6 is 0 Å². The van der Waals surface area contributed by atoms with Crippen molar-refractivity contribution in [1.29, 1.82) is 0 Å². The number of nitrogens with zero attached hydrogens (tertiary/aromatic N) is 3. The van der Waals surface area contributed by atoms with Gasteiger partial charge in [0.2, 0.25) is 11.8 Å². The molecule has 1 unspecified atom stereocenters. The van der Waals surface area contributed by atoms with Gasteiger partial charge < -0.3 is 20.9 Å². The Kier molecular flexibility index (Phi) is 6.90. The third kappa shape index (κ3) is 5.73. The van der Waals surface area contributed by atoms with Gasteiger partial charge in [0.15, 0.2) is 11.6 Å². The van der Waals surface area contributed by atoms with Gasteiger partial charge in [-0.1, -0.05) is 6.07 Å². The predicted octanol–water partition coefficient (Wildman–Crippen LogP) is 3.69. The van der Waals surface area contributed by atoms with E-state index in [1.54, 1.807) is 0 Å². The van der Waals surface area contributed by atoms with Gasteiger partial charge in [0.25, 0.3) is 0 Å². The number of aromatic nitrogens is 2. The molecule has 11 heteroatoms. The molecular formula is C21H19F2N5O4. The lowest BCUT2D eigenvalue weighted by Crippen LogP contribution is -2.24. The minimum atomic E-state index is -1.23. The average molecular weight is 443 g/mol. The number of carbonyl (C=O) groups excluding carboxylic acids is 1. The fourth-order valence-electron chi connectivity index (χ4n) is 2.67. The summed E-state index contributed by atoms with van der Waals surface area (Å²) in [5.74, 6) is -1.76. The van der Waals surface area contributed by atoms with Gasteiger partial charge in [-0.2, -0.15) is 0 Å². The molecule has 2 aromatic carbocycles. The van der Waals surface area contributed by atoms with E-state index in [0.29, 0.717) is 11.3 Å². The second-order valence-corrected chi connectivity index (χ2v) is 6.71. The number of nitrogens with two attached hydrogens (primary N) is 1. The van der Waals surface area contributed by atoms with Crippen molar-refractivity contribution < 1.29 is 28.2 Å². The van der Waals surface area contributed by atoms with Crippen LogP contribution in [-0.4, -0.2) is 34.1 Å². The van der Waals surface area contributed by atoms with E-state index in [1.165, 1.54) is 49.5 Å². The van der Waals surface area contributed by atoms with E-state index in [9.17, 15) is 18.4 Å². The van der Waals surface area contributed by atoms with Gasteiger partial charge in [0, 0.05) is 31.3 Å². The van der Waals surface area contributed by atoms with Crippen molar-refractivity contribution in [1.82, 2.24) is 9.97 Å². The van der Waals surface area contributed by atoms with Crippen LogP contribution in [0.4, 0.5) is 25.1 Å². The van der Waals surface area contributed by atoms with E-state index < -0.39 is 29.7 Å². The first-order valence-corrected chi connectivity index (χ1v) is 9.30. The Hall–Kier alpha value is -4.12. The second-order valence-electron chi connectivity index (χ2n) is 6.71. The lowest BCUT2D eigenvalue weighted by molar-refractivity contribution is -0.116. The fourth-order valence-corrected chi connectivity index (χ4v) is 2.67. The van der Waals surface area contributed by atoms with Crippen LogP contribution in [0.2, 0.25) is 0 Å². The quantitative estimate of drug-likeness (QED) is 0.508. The zero-order chi connectivity index (χ0) is 23.3. The van der Waals surface area contributed by atoms with Gasteiger partial charge in [-0.15, -0.1) is 0 Å². The van der Waals surface area contributed by atoms with Crippen molar-refractivity contribution in [2.24, 2.45) is 5.73 Å². The molecule has 4 N–H and O–H groups in total. The molecule has 0 fully saturated rings. The largest absolute Gasteiger partial charge is 0.465 e. The molecule has 1 heterocycles. The van der Waals surface area contributed by atoms with Gasteiger partial charge in [0.05, 0.1) is 0 Å². The van der Waals surface area contributed by atoms with Crippen molar-refractivity contribution in [3.63, 3.8) is 0 Å². The molecule has 0 radical (unpaired) electrons. The Morgan fingerprint density at radius 2 is 1.88 bits per heavy atom. The monoisotopic (exact) mass is 443 g/mol. The molecule has 0 aliphatic carbocycles. The summed E-state index contributed by atoms with van der Waals surface area (Å²) in [4.78, 5) is 31.7. The van der Waals surface area contributed by atoms with Crippen LogP contribution in [0.25, 0.3) is 0 Å². The predicted molar refractivity (Wildman–Crippen MR) is 112 cm³/mol. The Morgan fingerprint density at radius 1 is 1.16 bits per heavy atom. The number of amides is 2. The van der Waals surface area contributed by atoms with Crippen LogP contribution in [0.3, 0.4) is 0 Å². The Morgan fingerprint density at radius 3 is 2.53 bits per heavy atom. The molecule has 3 rings (SSSR count). The maximum atomic E-state index is 14.5. The highest BCUT2D eigenvalue weighted by atomic mass is 19.1. The van der Waals surface area contributed by atoms with E-state index in [1.807, 2.05) is 0 Å². The summed E-state index contributed by atoms with van der Waals surface area (Å²) in [7, 11) is 1.29. The number of hydrogen-bond donors (Lipinski definition) is 3. The van der Waals surface area contributed by atoms with Crippen molar-refractivity contribution in [3.8, 4) is 11.6 Å². The SMILES string of the molecule is CN(C(=O)O)c1cc(Oc2ccc(C(N)CC(=O)Nc3ccc(F)cc3)cc2F)ncn1. The van der Waals surface area contributed by atoms with Crippen LogP contribution in [0.5, 0.6) is 11.6 Å². The van der Waals surface area contributed by atoms with Gasteiger partial charge in [-0.3, -0.25) is 9.69 Å². The number of halogens is 2. The van der Waals surface area contributed by atoms with Gasteiger partial charge in [-0.25, -0.2) is 23.5 Å². The maximum absolute atomic E-state index is 14.5. The summed E-state index contributed by atoms with van der Waals surface area (Å²) in [6.45, 7) is 0. The van der Waals surface area contributed by atoms with Crippen molar-refractivity contribution >= 4 is 23.5 Å². The van der Waals surface area contributed by atoms with E-state index in [4.69, 9.17) is 15.6 Å². The molecule has 1 aromatic heterocycles. The normalized spacial score (nSPS) is 11.5. The lowest BCUT2D eigenvalue weighted by atomic mass is 10.0. The molecule has 3 aromatic rings. The molecule has 0 saturated carbocycles. The Labute approximate surface area is 181 Å². The number of benzene rings is 2. The first-order valence-electron chi connectivity index (χ1n) is 9.30. The number of rotatable bonds is 7. The first-order chi connectivity index (χ1) is 15.2. The summed E-state index contributed by atoms with van der Waals surface area (Å²) in [6, 6.07) is 9.66. The van der Waals surface area contributed by atoms with Crippen LogP contribution in [0, 0.1) is 11.6 Å². The van der Waals surface area contributed by atoms with Crippen LogP contribution in [-0.2, 0) is 4.79 Å². The molecule has 0 aliphatic rings. The van der Waals surface area contributed by atoms with Crippen LogP contribution < -0.4 is 20.7 Å². The molecule has 32 heavy (non-hydrogen) atoms. The number of carboxylic acid groups (broad SMARTS) is 1. The third-order valence-electron chi connectivity index (χ3n) is 4.39. The Balaban J connectivity index is 1.65. The summed E-state index contributed by atoms with van der Waals surface area (Å²) < 4.78 is 32.9.